The Bertz CT molecular complexity index is 380. The van der Waals surface area contributed by atoms with Gasteiger partial charge in [0, 0.05) is 18.1 Å². The molecule has 100 valence electrons. The van der Waals surface area contributed by atoms with Crippen LogP contribution in [-0.2, 0) is 0 Å². The van der Waals surface area contributed by atoms with E-state index in [0.717, 1.165) is 0 Å². The van der Waals surface area contributed by atoms with Gasteiger partial charge in [0.15, 0.2) is 0 Å². The van der Waals surface area contributed by atoms with Crippen LogP contribution in [0.4, 0.5) is 0 Å². The molecule has 0 aliphatic heterocycles. The summed E-state index contributed by atoms with van der Waals surface area (Å²) in [6, 6.07) is 9.86. The molecule has 0 bridgehead atoms. The van der Waals surface area contributed by atoms with E-state index in [9.17, 15) is 0 Å². The second-order valence-corrected chi connectivity index (χ2v) is 5.76. The molecule has 2 rings (SSSR count). The number of rotatable bonds is 4. The van der Waals surface area contributed by atoms with Crippen LogP contribution in [0.1, 0.15) is 49.8 Å². The van der Waals surface area contributed by atoms with Crippen LogP contribution >= 0.6 is 0 Å². The molecule has 2 atom stereocenters. The summed E-state index contributed by atoms with van der Waals surface area (Å²) >= 11 is 0. The zero-order valence-corrected chi connectivity index (χ0v) is 11.9. The predicted octanol–water partition coefficient (Wildman–Crippen LogP) is 3.26. The first-order chi connectivity index (χ1) is 8.61. The first kappa shape index (κ1) is 13.6. The van der Waals surface area contributed by atoms with E-state index in [1.54, 1.807) is 0 Å². The van der Waals surface area contributed by atoms with E-state index in [4.69, 9.17) is 5.73 Å². The third kappa shape index (κ3) is 2.76. The Morgan fingerprint density at radius 3 is 2.39 bits per heavy atom. The molecule has 2 unspecified atom stereocenters. The molecular formula is C16H26N2. The summed E-state index contributed by atoms with van der Waals surface area (Å²) in [6.07, 6.45) is 5.39. The maximum atomic E-state index is 6.26. The largest absolute Gasteiger partial charge is 0.326 e. The molecule has 2 nitrogen and oxygen atoms in total. The number of likely N-dealkylation sites (N-methyl/N-ethyl adjacent to an activating group) is 1. The smallest absolute Gasteiger partial charge is 0.0498 e. The van der Waals surface area contributed by atoms with Gasteiger partial charge in [-0.05, 0) is 44.9 Å². The topological polar surface area (TPSA) is 29.3 Å². The van der Waals surface area contributed by atoms with Crippen molar-refractivity contribution in [1.82, 2.24) is 4.90 Å². The Morgan fingerprint density at radius 2 is 1.83 bits per heavy atom. The van der Waals surface area contributed by atoms with Gasteiger partial charge >= 0.3 is 0 Å². The molecule has 0 amide bonds. The predicted molar refractivity (Wildman–Crippen MR) is 77.6 cm³/mol. The highest BCUT2D eigenvalue weighted by molar-refractivity contribution is 5.30. The van der Waals surface area contributed by atoms with Crippen molar-refractivity contribution in [1.29, 1.82) is 0 Å². The van der Waals surface area contributed by atoms with Crippen LogP contribution in [0, 0.1) is 6.92 Å². The number of aryl methyl sites for hydroxylation is 1. The van der Waals surface area contributed by atoms with E-state index < -0.39 is 0 Å². The van der Waals surface area contributed by atoms with E-state index in [0.29, 0.717) is 12.1 Å². The average molecular weight is 246 g/mol. The van der Waals surface area contributed by atoms with Crippen molar-refractivity contribution < 1.29 is 0 Å². The van der Waals surface area contributed by atoms with Gasteiger partial charge in [-0.3, -0.25) is 4.90 Å². The zero-order chi connectivity index (χ0) is 13.1. The Hall–Kier alpha value is -0.860. The standard InChI is InChI=1S/C16H26N2/c1-12-8-4-7-11-15(12)16(13(2)17)18(3)14-9-5-6-10-14/h4,7-8,11,13-14,16H,5-6,9-10,17H2,1-3H3. The quantitative estimate of drug-likeness (QED) is 0.883. The molecule has 1 saturated carbocycles. The SMILES string of the molecule is Cc1ccccc1C(C(C)N)N(C)C1CCCC1. The van der Waals surface area contributed by atoms with E-state index in [1.165, 1.54) is 36.8 Å². The summed E-state index contributed by atoms with van der Waals surface area (Å²) < 4.78 is 0. The van der Waals surface area contributed by atoms with Gasteiger partial charge in [0.25, 0.3) is 0 Å². The van der Waals surface area contributed by atoms with Crippen LogP contribution in [-0.4, -0.2) is 24.0 Å². The minimum Gasteiger partial charge on any atom is -0.326 e. The van der Waals surface area contributed by atoms with Crippen LogP contribution in [0.25, 0.3) is 0 Å². The molecule has 0 spiro atoms. The van der Waals surface area contributed by atoms with Crippen molar-refractivity contribution in [2.75, 3.05) is 7.05 Å². The summed E-state index contributed by atoms with van der Waals surface area (Å²) in [5, 5.41) is 0. The Morgan fingerprint density at radius 1 is 1.22 bits per heavy atom. The molecule has 1 aliphatic carbocycles. The summed E-state index contributed by atoms with van der Waals surface area (Å²) in [5.41, 5.74) is 9.01. The van der Waals surface area contributed by atoms with Crippen molar-refractivity contribution in [2.45, 2.75) is 57.7 Å². The van der Waals surface area contributed by atoms with E-state index in [1.807, 2.05) is 0 Å². The first-order valence-corrected chi connectivity index (χ1v) is 7.14. The fourth-order valence-corrected chi connectivity index (χ4v) is 3.33. The van der Waals surface area contributed by atoms with Gasteiger partial charge < -0.3 is 5.73 Å². The van der Waals surface area contributed by atoms with Crippen LogP contribution in [0.3, 0.4) is 0 Å². The zero-order valence-electron chi connectivity index (χ0n) is 11.9. The molecule has 1 aromatic carbocycles. The van der Waals surface area contributed by atoms with Crippen LogP contribution in [0.5, 0.6) is 0 Å². The highest BCUT2D eigenvalue weighted by Crippen LogP contribution is 2.32. The molecule has 1 aliphatic rings. The number of benzene rings is 1. The van der Waals surface area contributed by atoms with Gasteiger partial charge in [0.2, 0.25) is 0 Å². The Kier molecular flexibility index (Phi) is 4.41. The summed E-state index contributed by atoms with van der Waals surface area (Å²) in [6.45, 7) is 4.32. The van der Waals surface area contributed by atoms with Crippen LogP contribution in [0.15, 0.2) is 24.3 Å². The lowest BCUT2D eigenvalue weighted by atomic mass is 9.94. The van der Waals surface area contributed by atoms with Crippen molar-refractivity contribution >= 4 is 0 Å². The molecule has 0 heterocycles. The molecule has 2 N–H and O–H groups in total. The van der Waals surface area contributed by atoms with E-state index in [2.05, 4.69) is 50.1 Å². The number of hydrogen-bond acceptors (Lipinski definition) is 2. The summed E-state index contributed by atoms with van der Waals surface area (Å²) in [5.74, 6) is 0. The number of nitrogens with zero attached hydrogens (tertiary/aromatic N) is 1. The first-order valence-electron chi connectivity index (χ1n) is 7.14. The fraction of sp³-hybridized carbons (Fsp3) is 0.625. The summed E-state index contributed by atoms with van der Waals surface area (Å²) in [4.78, 5) is 2.51. The number of hydrogen-bond donors (Lipinski definition) is 1. The number of nitrogens with two attached hydrogens (primary N) is 1. The third-order valence-electron chi connectivity index (χ3n) is 4.34. The summed E-state index contributed by atoms with van der Waals surface area (Å²) in [7, 11) is 2.25. The monoisotopic (exact) mass is 246 g/mol. The third-order valence-corrected chi connectivity index (χ3v) is 4.34. The molecule has 1 fully saturated rings. The highest BCUT2D eigenvalue weighted by Gasteiger charge is 2.29. The molecular weight excluding hydrogens is 220 g/mol. The van der Waals surface area contributed by atoms with Gasteiger partial charge in [-0.1, -0.05) is 37.1 Å². The fourth-order valence-electron chi connectivity index (χ4n) is 3.33. The Balaban J connectivity index is 2.25. The minimum absolute atomic E-state index is 0.164. The van der Waals surface area contributed by atoms with Gasteiger partial charge in [0.05, 0.1) is 0 Å². The molecule has 1 aromatic rings. The van der Waals surface area contributed by atoms with Crippen molar-refractivity contribution in [3.8, 4) is 0 Å². The van der Waals surface area contributed by atoms with Crippen LogP contribution in [0.2, 0.25) is 0 Å². The Labute approximate surface area is 111 Å². The molecule has 0 radical (unpaired) electrons. The van der Waals surface area contributed by atoms with Gasteiger partial charge in [-0.15, -0.1) is 0 Å². The second kappa shape index (κ2) is 5.85. The average Bonchev–Trinajstić information content (AvgIpc) is 2.85. The normalized spacial score (nSPS) is 20.3. The minimum atomic E-state index is 0.164. The van der Waals surface area contributed by atoms with Crippen molar-refractivity contribution in [3.05, 3.63) is 35.4 Å². The lowest BCUT2D eigenvalue weighted by molar-refractivity contribution is 0.156. The second-order valence-electron chi connectivity index (χ2n) is 5.76. The lowest BCUT2D eigenvalue weighted by Gasteiger charge is -2.36. The molecule has 18 heavy (non-hydrogen) atoms. The lowest BCUT2D eigenvalue weighted by Crippen LogP contribution is -2.42. The van der Waals surface area contributed by atoms with Gasteiger partial charge in [-0.25, -0.2) is 0 Å². The molecule has 2 heteroatoms. The van der Waals surface area contributed by atoms with Gasteiger partial charge in [-0.2, -0.15) is 0 Å². The van der Waals surface area contributed by atoms with Gasteiger partial charge in [0.1, 0.15) is 0 Å². The van der Waals surface area contributed by atoms with Crippen molar-refractivity contribution in [3.63, 3.8) is 0 Å². The maximum absolute atomic E-state index is 6.26. The van der Waals surface area contributed by atoms with E-state index in [-0.39, 0.29) is 6.04 Å². The molecule has 0 aromatic heterocycles. The molecule has 0 saturated heterocycles. The van der Waals surface area contributed by atoms with Crippen LogP contribution < -0.4 is 5.73 Å². The van der Waals surface area contributed by atoms with Crippen molar-refractivity contribution in [2.24, 2.45) is 5.73 Å². The maximum Gasteiger partial charge on any atom is 0.0498 e. The van der Waals surface area contributed by atoms with E-state index >= 15 is 0 Å². The highest BCUT2D eigenvalue weighted by atomic mass is 15.2.